The monoisotopic (exact) mass is 574 g/mol. The van der Waals surface area contributed by atoms with Crippen LogP contribution in [-0.2, 0) is 5.41 Å². The Hall–Kier alpha value is -4.56. The summed E-state index contributed by atoms with van der Waals surface area (Å²) in [4.78, 5) is 0. The lowest BCUT2D eigenvalue weighted by molar-refractivity contribution is 0.353. The Kier molecular flexibility index (Phi) is 7.06. The number of fused-ring (bicyclic) bond motifs is 5. The van der Waals surface area contributed by atoms with Crippen LogP contribution in [0.15, 0.2) is 133 Å². The fourth-order valence-corrected chi connectivity index (χ4v) is 7.66. The minimum absolute atomic E-state index is 0.0651. The molecule has 4 aliphatic rings. The zero-order valence-corrected chi connectivity index (χ0v) is 25.2. The summed E-state index contributed by atoms with van der Waals surface area (Å²) in [7, 11) is 0. The molecule has 8 rings (SSSR count). The summed E-state index contributed by atoms with van der Waals surface area (Å²) in [5.74, 6) is 3.89. The van der Waals surface area contributed by atoms with E-state index in [-0.39, 0.29) is 5.41 Å². The van der Waals surface area contributed by atoms with Gasteiger partial charge in [0.05, 0.1) is 0 Å². The van der Waals surface area contributed by atoms with Crippen molar-refractivity contribution in [3.63, 3.8) is 0 Å². The summed E-state index contributed by atoms with van der Waals surface area (Å²) in [6.07, 6.45) is 23.0. The van der Waals surface area contributed by atoms with E-state index in [9.17, 15) is 0 Å². The SMILES string of the molecule is C1=CCCC(Oc2cccc(-c3ccc4c(c3)C3(CCCCC3)c3cc(-c5cccc(OC6=CC=CCC6)c5)ccc3-4)c2)=C1. The Morgan fingerprint density at radius 1 is 0.500 bits per heavy atom. The van der Waals surface area contributed by atoms with Crippen LogP contribution in [0.2, 0.25) is 0 Å². The van der Waals surface area contributed by atoms with E-state index in [1.54, 1.807) is 0 Å². The van der Waals surface area contributed by atoms with Crippen molar-refractivity contribution < 1.29 is 9.47 Å². The topological polar surface area (TPSA) is 18.5 Å². The first kappa shape index (κ1) is 27.0. The standard InChI is InChI=1S/C42H38O2/c1-4-14-34(15-5-1)43-36-18-10-12-30(26-36)32-20-22-38-39-23-21-33(29-41(39)42(40(38)28-32)24-8-3-9-25-42)31-13-11-19-37(27-31)44-35-16-6-2-7-17-35/h1-2,4,6,10-14,16,18-23,26-29H,3,5,7-9,15,17,24-25H2. The van der Waals surface area contributed by atoms with Crippen LogP contribution in [-0.4, -0.2) is 0 Å². The largest absolute Gasteiger partial charge is 0.462 e. The molecule has 44 heavy (non-hydrogen) atoms. The van der Waals surface area contributed by atoms with Crippen LogP contribution in [0.5, 0.6) is 11.5 Å². The summed E-state index contributed by atoms with van der Waals surface area (Å²) in [5, 5.41) is 0. The highest BCUT2D eigenvalue weighted by molar-refractivity contribution is 5.86. The van der Waals surface area contributed by atoms with Crippen molar-refractivity contribution in [2.75, 3.05) is 0 Å². The Balaban J connectivity index is 1.15. The molecule has 0 heterocycles. The average molecular weight is 575 g/mol. The van der Waals surface area contributed by atoms with Crippen LogP contribution >= 0.6 is 0 Å². The fraction of sp³-hybridized carbons (Fsp3) is 0.238. The molecule has 218 valence electrons. The van der Waals surface area contributed by atoms with Gasteiger partial charge in [-0.3, -0.25) is 0 Å². The van der Waals surface area contributed by atoms with Gasteiger partial charge in [0.25, 0.3) is 0 Å². The number of hydrogen-bond donors (Lipinski definition) is 0. The molecule has 0 atom stereocenters. The Morgan fingerprint density at radius 2 is 1.00 bits per heavy atom. The molecule has 4 aliphatic carbocycles. The van der Waals surface area contributed by atoms with Crippen molar-refractivity contribution in [3.8, 4) is 44.9 Å². The minimum Gasteiger partial charge on any atom is -0.462 e. The van der Waals surface area contributed by atoms with Crippen LogP contribution in [0, 0.1) is 0 Å². The lowest BCUT2D eigenvalue weighted by Gasteiger charge is -2.36. The summed E-state index contributed by atoms with van der Waals surface area (Å²) in [5.41, 5.74) is 10.8. The third kappa shape index (κ3) is 5.03. The average Bonchev–Trinajstić information content (AvgIpc) is 3.34. The molecule has 0 N–H and O–H groups in total. The van der Waals surface area contributed by atoms with Crippen molar-refractivity contribution in [1.29, 1.82) is 0 Å². The molecule has 1 spiro atoms. The van der Waals surface area contributed by atoms with E-state index in [1.165, 1.54) is 76.6 Å². The number of ether oxygens (including phenoxy) is 2. The molecule has 0 bridgehead atoms. The van der Waals surface area contributed by atoms with Crippen LogP contribution in [0.3, 0.4) is 0 Å². The molecule has 0 amide bonds. The molecule has 0 radical (unpaired) electrons. The van der Waals surface area contributed by atoms with Gasteiger partial charge in [0.1, 0.15) is 23.0 Å². The van der Waals surface area contributed by atoms with E-state index in [4.69, 9.17) is 9.47 Å². The highest BCUT2D eigenvalue weighted by Gasteiger charge is 2.44. The van der Waals surface area contributed by atoms with Crippen LogP contribution < -0.4 is 9.47 Å². The number of benzene rings is 4. The molecule has 2 nitrogen and oxygen atoms in total. The number of rotatable bonds is 6. The molecule has 0 aromatic heterocycles. The number of hydrogen-bond acceptors (Lipinski definition) is 2. The van der Waals surface area contributed by atoms with Gasteiger partial charge in [0.2, 0.25) is 0 Å². The maximum Gasteiger partial charge on any atom is 0.127 e. The Bertz CT molecular complexity index is 1710. The second kappa shape index (κ2) is 11.5. The zero-order chi connectivity index (χ0) is 29.3. The molecular formula is C42H38O2. The normalized spacial score (nSPS) is 17.9. The predicted molar refractivity (Wildman–Crippen MR) is 181 cm³/mol. The minimum atomic E-state index is 0.0651. The van der Waals surface area contributed by atoms with Crippen molar-refractivity contribution in [2.45, 2.75) is 63.2 Å². The third-order valence-electron chi connectivity index (χ3n) is 9.85. The van der Waals surface area contributed by atoms with E-state index in [0.29, 0.717) is 0 Å². The molecular weight excluding hydrogens is 536 g/mol. The summed E-state index contributed by atoms with van der Waals surface area (Å²) in [6.45, 7) is 0. The Morgan fingerprint density at radius 3 is 1.48 bits per heavy atom. The van der Waals surface area contributed by atoms with Gasteiger partial charge in [-0.2, -0.15) is 0 Å². The van der Waals surface area contributed by atoms with E-state index >= 15 is 0 Å². The van der Waals surface area contributed by atoms with Gasteiger partial charge >= 0.3 is 0 Å². The van der Waals surface area contributed by atoms with Crippen LogP contribution in [0.4, 0.5) is 0 Å². The van der Waals surface area contributed by atoms with Gasteiger partial charge < -0.3 is 9.47 Å². The molecule has 0 saturated heterocycles. The first-order chi connectivity index (χ1) is 21.7. The zero-order valence-electron chi connectivity index (χ0n) is 25.2. The highest BCUT2D eigenvalue weighted by Crippen LogP contribution is 2.57. The smallest absolute Gasteiger partial charge is 0.127 e. The van der Waals surface area contributed by atoms with Gasteiger partial charge in [-0.05, 0) is 119 Å². The maximum atomic E-state index is 6.27. The van der Waals surface area contributed by atoms with Crippen LogP contribution in [0.1, 0.15) is 68.9 Å². The summed E-state index contributed by atoms with van der Waals surface area (Å²) < 4.78 is 12.5. The van der Waals surface area contributed by atoms with E-state index in [0.717, 1.165) is 48.7 Å². The van der Waals surface area contributed by atoms with Crippen molar-refractivity contribution in [1.82, 2.24) is 0 Å². The van der Waals surface area contributed by atoms with Gasteiger partial charge in [-0.25, -0.2) is 0 Å². The third-order valence-corrected chi connectivity index (χ3v) is 9.85. The summed E-state index contributed by atoms with van der Waals surface area (Å²) in [6, 6.07) is 31.5. The molecule has 0 unspecified atom stereocenters. The fourth-order valence-electron chi connectivity index (χ4n) is 7.66. The first-order valence-electron chi connectivity index (χ1n) is 16.3. The van der Waals surface area contributed by atoms with E-state index in [1.807, 2.05) is 0 Å². The second-order valence-electron chi connectivity index (χ2n) is 12.6. The lowest BCUT2D eigenvalue weighted by atomic mass is 9.67. The highest BCUT2D eigenvalue weighted by atomic mass is 16.5. The van der Waals surface area contributed by atoms with Gasteiger partial charge in [-0.15, -0.1) is 0 Å². The van der Waals surface area contributed by atoms with Crippen molar-refractivity contribution >= 4 is 0 Å². The molecule has 0 aliphatic heterocycles. The molecule has 1 saturated carbocycles. The second-order valence-corrected chi connectivity index (χ2v) is 12.6. The maximum absolute atomic E-state index is 6.27. The molecule has 4 aromatic rings. The summed E-state index contributed by atoms with van der Waals surface area (Å²) >= 11 is 0. The first-order valence-corrected chi connectivity index (χ1v) is 16.3. The van der Waals surface area contributed by atoms with Gasteiger partial charge in [0.15, 0.2) is 0 Å². The molecule has 2 heteroatoms. The quantitative estimate of drug-likeness (QED) is 0.228. The van der Waals surface area contributed by atoms with Gasteiger partial charge in [-0.1, -0.05) is 92.1 Å². The van der Waals surface area contributed by atoms with E-state index in [2.05, 4.69) is 121 Å². The predicted octanol–water partition coefficient (Wildman–Crippen LogP) is 11.5. The van der Waals surface area contributed by atoms with Crippen LogP contribution in [0.25, 0.3) is 33.4 Å². The molecule has 4 aromatic carbocycles. The lowest BCUT2D eigenvalue weighted by Crippen LogP contribution is -2.28. The number of allylic oxidation sites excluding steroid dienone is 8. The Labute approximate surface area is 261 Å². The van der Waals surface area contributed by atoms with Crippen molar-refractivity contribution in [3.05, 3.63) is 144 Å². The van der Waals surface area contributed by atoms with E-state index < -0.39 is 0 Å². The van der Waals surface area contributed by atoms with Gasteiger partial charge in [0, 0.05) is 18.3 Å². The molecule has 1 fully saturated rings. The van der Waals surface area contributed by atoms with Crippen molar-refractivity contribution in [2.24, 2.45) is 0 Å².